The van der Waals surface area contributed by atoms with Crippen LogP contribution in [0.4, 0.5) is 0 Å². The number of carbonyl (C=O) groups is 1. The molecule has 0 amide bonds. The zero-order chi connectivity index (χ0) is 14.8. The number of aromatic nitrogens is 1. The van der Waals surface area contributed by atoms with Crippen LogP contribution in [0.3, 0.4) is 0 Å². The lowest BCUT2D eigenvalue weighted by atomic mass is 9.88. The summed E-state index contributed by atoms with van der Waals surface area (Å²) in [6, 6.07) is 11.9. The molecule has 112 valence electrons. The Bertz CT molecular complexity index is 595. The zero-order valence-corrected chi connectivity index (χ0v) is 14.6. The van der Waals surface area contributed by atoms with Gasteiger partial charge in [0.05, 0.1) is 0 Å². The van der Waals surface area contributed by atoms with E-state index in [0.717, 1.165) is 5.56 Å². The minimum Gasteiger partial charge on any atom is -1.00 e. The lowest BCUT2D eigenvalue weighted by molar-refractivity contribution is -0.683. The molecule has 0 aliphatic heterocycles. The number of pyridine rings is 1. The van der Waals surface area contributed by atoms with Crippen molar-refractivity contribution in [1.29, 1.82) is 0 Å². The van der Waals surface area contributed by atoms with Crippen LogP contribution in [0.5, 0.6) is 0 Å². The van der Waals surface area contributed by atoms with Crippen LogP contribution in [0.15, 0.2) is 48.8 Å². The monoisotopic (exact) mass is 347 g/mol. The SMILES string of the molecule is Cc1ccc(C(=O)C[n+]2ccc(C(C)(C)C)cc2)cc1.[Br-]. The van der Waals surface area contributed by atoms with Gasteiger partial charge in [-0.25, -0.2) is 0 Å². The van der Waals surface area contributed by atoms with Crippen molar-refractivity contribution in [2.75, 3.05) is 0 Å². The van der Waals surface area contributed by atoms with E-state index in [1.807, 2.05) is 48.1 Å². The highest BCUT2D eigenvalue weighted by Gasteiger charge is 2.16. The number of rotatable bonds is 3. The largest absolute Gasteiger partial charge is 1.00 e. The Morgan fingerprint density at radius 2 is 1.52 bits per heavy atom. The quantitative estimate of drug-likeness (QED) is 0.584. The van der Waals surface area contributed by atoms with Crippen molar-refractivity contribution in [2.45, 2.75) is 39.7 Å². The molecule has 21 heavy (non-hydrogen) atoms. The van der Waals surface area contributed by atoms with Gasteiger partial charge in [0, 0.05) is 17.7 Å². The number of ketones is 1. The number of hydrogen-bond acceptors (Lipinski definition) is 1. The number of nitrogens with zero attached hydrogens (tertiary/aromatic N) is 1. The first-order chi connectivity index (χ1) is 9.36. The third kappa shape index (κ3) is 4.78. The molecule has 3 heteroatoms. The molecule has 1 aromatic carbocycles. The summed E-state index contributed by atoms with van der Waals surface area (Å²) in [5.74, 6) is 0.138. The smallest absolute Gasteiger partial charge is 0.227 e. The molecule has 0 atom stereocenters. The van der Waals surface area contributed by atoms with Gasteiger partial charge >= 0.3 is 0 Å². The summed E-state index contributed by atoms with van der Waals surface area (Å²) in [5.41, 5.74) is 3.35. The van der Waals surface area contributed by atoms with Crippen LogP contribution < -0.4 is 21.5 Å². The minimum atomic E-state index is 0. The lowest BCUT2D eigenvalue weighted by Crippen LogP contribution is -3.00. The molecule has 0 aliphatic carbocycles. The van der Waals surface area contributed by atoms with Crippen LogP contribution >= 0.6 is 0 Å². The van der Waals surface area contributed by atoms with E-state index in [9.17, 15) is 4.79 Å². The maximum atomic E-state index is 12.2. The van der Waals surface area contributed by atoms with Crippen LogP contribution in [0, 0.1) is 6.92 Å². The molecule has 0 radical (unpaired) electrons. The number of halogens is 1. The Labute approximate surface area is 137 Å². The van der Waals surface area contributed by atoms with Gasteiger partial charge in [0.1, 0.15) is 0 Å². The summed E-state index contributed by atoms with van der Waals surface area (Å²) in [7, 11) is 0. The Balaban J connectivity index is 0.00000220. The Morgan fingerprint density at radius 3 is 2.00 bits per heavy atom. The van der Waals surface area contributed by atoms with Gasteiger partial charge in [-0.05, 0) is 17.9 Å². The van der Waals surface area contributed by atoms with Gasteiger partial charge < -0.3 is 17.0 Å². The van der Waals surface area contributed by atoms with E-state index >= 15 is 0 Å². The molecule has 0 spiro atoms. The fourth-order valence-corrected chi connectivity index (χ4v) is 2.06. The predicted molar refractivity (Wildman–Crippen MR) is 80.8 cm³/mol. The zero-order valence-electron chi connectivity index (χ0n) is 13.1. The standard InChI is InChI=1S/C18H22NO.BrH/c1-14-5-7-15(8-6-14)17(20)13-19-11-9-16(10-12-19)18(2,3)4;/h5-12H,13H2,1-4H3;1H/q+1;/p-1. The molecule has 0 saturated carbocycles. The molecule has 1 heterocycles. The molecule has 0 bridgehead atoms. The van der Waals surface area contributed by atoms with Crippen molar-refractivity contribution in [2.24, 2.45) is 0 Å². The molecule has 2 aromatic rings. The van der Waals surface area contributed by atoms with E-state index in [4.69, 9.17) is 0 Å². The van der Waals surface area contributed by atoms with Crippen LogP contribution in [-0.2, 0) is 12.0 Å². The maximum Gasteiger partial charge on any atom is 0.227 e. The topological polar surface area (TPSA) is 20.9 Å². The molecular weight excluding hydrogens is 326 g/mol. The highest BCUT2D eigenvalue weighted by atomic mass is 79.9. The first kappa shape index (κ1) is 17.6. The summed E-state index contributed by atoms with van der Waals surface area (Å²) in [5, 5.41) is 0. The van der Waals surface area contributed by atoms with E-state index in [0.29, 0.717) is 6.54 Å². The summed E-state index contributed by atoms with van der Waals surface area (Å²) in [6.07, 6.45) is 3.96. The second-order valence-electron chi connectivity index (χ2n) is 6.30. The van der Waals surface area contributed by atoms with E-state index < -0.39 is 0 Å². The minimum absolute atomic E-state index is 0. The van der Waals surface area contributed by atoms with Gasteiger partial charge in [-0.15, -0.1) is 0 Å². The fourth-order valence-electron chi connectivity index (χ4n) is 2.06. The number of aryl methyl sites for hydroxylation is 1. The lowest BCUT2D eigenvalue weighted by Gasteiger charge is -2.17. The van der Waals surface area contributed by atoms with E-state index in [-0.39, 0.29) is 28.2 Å². The van der Waals surface area contributed by atoms with Crippen molar-refractivity contribution >= 4 is 5.78 Å². The third-order valence-corrected chi connectivity index (χ3v) is 3.46. The average molecular weight is 348 g/mol. The average Bonchev–Trinajstić information content (AvgIpc) is 2.39. The van der Waals surface area contributed by atoms with E-state index in [1.54, 1.807) is 0 Å². The normalized spacial score (nSPS) is 10.9. The van der Waals surface area contributed by atoms with Crippen molar-refractivity contribution < 1.29 is 26.3 Å². The van der Waals surface area contributed by atoms with Crippen LogP contribution in [0.1, 0.15) is 42.3 Å². The number of hydrogen-bond donors (Lipinski definition) is 0. The Kier molecular flexibility index (Phi) is 5.85. The molecule has 0 saturated heterocycles. The highest BCUT2D eigenvalue weighted by Crippen LogP contribution is 2.20. The van der Waals surface area contributed by atoms with Gasteiger partial charge in [-0.2, -0.15) is 4.57 Å². The van der Waals surface area contributed by atoms with Crippen LogP contribution in [-0.4, -0.2) is 5.78 Å². The van der Waals surface area contributed by atoms with Crippen molar-refractivity contribution in [1.82, 2.24) is 0 Å². The summed E-state index contributed by atoms with van der Waals surface area (Å²) >= 11 is 0. The Hall–Kier alpha value is -1.48. The van der Waals surface area contributed by atoms with Crippen molar-refractivity contribution in [3.8, 4) is 0 Å². The van der Waals surface area contributed by atoms with Gasteiger partial charge in [-0.1, -0.05) is 50.6 Å². The fraction of sp³-hybridized carbons (Fsp3) is 0.333. The van der Waals surface area contributed by atoms with E-state index in [2.05, 4.69) is 32.9 Å². The van der Waals surface area contributed by atoms with Crippen LogP contribution in [0.2, 0.25) is 0 Å². The molecule has 2 nitrogen and oxygen atoms in total. The van der Waals surface area contributed by atoms with Crippen LogP contribution in [0.25, 0.3) is 0 Å². The highest BCUT2D eigenvalue weighted by molar-refractivity contribution is 5.95. The molecule has 0 fully saturated rings. The molecule has 1 aromatic heterocycles. The van der Waals surface area contributed by atoms with Gasteiger partial charge in [0.25, 0.3) is 0 Å². The summed E-state index contributed by atoms with van der Waals surface area (Å²) in [6.45, 7) is 8.96. The second kappa shape index (κ2) is 6.99. The first-order valence-corrected chi connectivity index (χ1v) is 6.96. The molecule has 0 N–H and O–H groups in total. The Morgan fingerprint density at radius 1 is 1.00 bits per heavy atom. The number of benzene rings is 1. The molecular formula is C18H22BrNO. The van der Waals surface area contributed by atoms with Gasteiger partial charge in [-0.3, -0.25) is 4.79 Å². The third-order valence-electron chi connectivity index (χ3n) is 3.46. The first-order valence-electron chi connectivity index (χ1n) is 6.96. The predicted octanol–water partition coefficient (Wildman–Crippen LogP) is 0.467. The summed E-state index contributed by atoms with van der Waals surface area (Å²) in [4.78, 5) is 12.2. The number of carbonyl (C=O) groups excluding carboxylic acids is 1. The maximum absolute atomic E-state index is 12.2. The van der Waals surface area contributed by atoms with Crippen molar-refractivity contribution in [3.63, 3.8) is 0 Å². The molecule has 0 aliphatic rings. The summed E-state index contributed by atoms with van der Waals surface area (Å²) < 4.78 is 1.93. The molecule has 2 rings (SSSR count). The molecule has 0 unspecified atom stereocenters. The van der Waals surface area contributed by atoms with Crippen molar-refractivity contribution in [3.05, 3.63) is 65.5 Å². The van der Waals surface area contributed by atoms with E-state index in [1.165, 1.54) is 11.1 Å². The van der Waals surface area contributed by atoms with Gasteiger partial charge in [0.15, 0.2) is 12.4 Å². The second-order valence-corrected chi connectivity index (χ2v) is 6.30. The van der Waals surface area contributed by atoms with Gasteiger partial charge in [0.2, 0.25) is 12.3 Å². The number of Topliss-reactive ketones (excluding diaryl/α,β-unsaturated/α-hetero) is 1.